The van der Waals surface area contributed by atoms with Crippen LogP contribution < -0.4 is 9.47 Å². The van der Waals surface area contributed by atoms with Gasteiger partial charge in [-0.2, -0.15) is 4.31 Å². The van der Waals surface area contributed by atoms with Crippen LogP contribution in [0.3, 0.4) is 0 Å². The molecule has 0 N–H and O–H groups in total. The number of nitrogens with zero attached hydrogens (tertiary/aromatic N) is 1. The first kappa shape index (κ1) is 17.1. The first-order chi connectivity index (χ1) is 10.5. The summed E-state index contributed by atoms with van der Waals surface area (Å²) in [5.41, 5.74) is 0.679. The lowest BCUT2D eigenvalue weighted by atomic mass is 10.0. The number of ether oxygens (including phenoxy) is 2. The van der Waals surface area contributed by atoms with E-state index in [0.717, 1.165) is 25.7 Å². The zero-order valence-electron chi connectivity index (χ0n) is 13.8. The van der Waals surface area contributed by atoms with Gasteiger partial charge in [-0.3, -0.25) is 0 Å². The standard InChI is InChI=1S/C16H25NO4S/c1-5-13-8-6-7-9-17(13)22(18,19)16-11-15(21-4)14(20-3)10-12(16)2/h10-11,13H,5-9H2,1-4H3. The molecule has 0 amide bonds. The summed E-state index contributed by atoms with van der Waals surface area (Å²) in [7, 11) is -0.456. The van der Waals surface area contributed by atoms with Gasteiger partial charge < -0.3 is 9.47 Å². The fraction of sp³-hybridized carbons (Fsp3) is 0.625. The molecule has 1 saturated heterocycles. The van der Waals surface area contributed by atoms with Crippen molar-refractivity contribution in [1.29, 1.82) is 0 Å². The second kappa shape index (κ2) is 6.87. The molecular weight excluding hydrogens is 302 g/mol. The minimum atomic E-state index is -3.51. The highest BCUT2D eigenvalue weighted by molar-refractivity contribution is 7.89. The average molecular weight is 327 g/mol. The highest BCUT2D eigenvalue weighted by atomic mass is 32.2. The topological polar surface area (TPSA) is 55.8 Å². The van der Waals surface area contributed by atoms with Gasteiger partial charge in [0.2, 0.25) is 10.0 Å². The lowest BCUT2D eigenvalue weighted by Crippen LogP contribution is -2.43. The minimum absolute atomic E-state index is 0.0891. The fourth-order valence-electron chi connectivity index (χ4n) is 3.06. The Morgan fingerprint density at radius 3 is 2.41 bits per heavy atom. The molecule has 1 aromatic rings. The van der Waals surface area contributed by atoms with E-state index in [1.807, 2.05) is 6.92 Å². The van der Waals surface area contributed by atoms with E-state index in [1.54, 1.807) is 30.5 Å². The smallest absolute Gasteiger partial charge is 0.243 e. The Hall–Kier alpha value is -1.27. The number of methoxy groups -OCH3 is 2. The number of piperidine rings is 1. The normalized spacial score (nSPS) is 19.9. The highest BCUT2D eigenvalue weighted by Crippen LogP contribution is 2.35. The van der Waals surface area contributed by atoms with Crippen molar-refractivity contribution in [2.24, 2.45) is 0 Å². The monoisotopic (exact) mass is 327 g/mol. The quantitative estimate of drug-likeness (QED) is 0.834. The predicted molar refractivity (Wildman–Crippen MR) is 86.1 cm³/mol. The molecular formula is C16H25NO4S. The van der Waals surface area contributed by atoms with Crippen molar-refractivity contribution in [2.45, 2.75) is 50.5 Å². The number of hydrogen-bond acceptors (Lipinski definition) is 4. The van der Waals surface area contributed by atoms with Crippen LogP contribution in [0.25, 0.3) is 0 Å². The van der Waals surface area contributed by atoms with Crippen molar-refractivity contribution in [2.75, 3.05) is 20.8 Å². The first-order valence-electron chi connectivity index (χ1n) is 7.70. The van der Waals surface area contributed by atoms with Gasteiger partial charge in [0, 0.05) is 18.7 Å². The van der Waals surface area contributed by atoms with Crippen LogP contribution >= 0.6 is 0 Å². The van der Waals surface area contributed by atoms with E-state index in [-0.39, 0.29) is 6.04 Å². The Labute approximate surface area is 133 Å². The van der Waals surface area contributed by atoms with E-state index in [0.29, 0.717) is 28.5 Å². The van der Waals surface area contributed by atoms with Gasteiger partial charge in [-0.05, 0) is 37.8 Å². The molecule has 1 fully saturated rings. The van der Waals surface area contributed by atoms with Gasteiger partial charge in [0.05, 0.1) is 19.1 Å². The molecule has 0 saturated carbocycles. The fourth-order valence-corrected chi connectivity index (χ4v) is 5.06. The van der Waals surface area contributed by atoms with E-state index in [2.05, 4.69) is 0 Å². The number of hydrogen-bond donors (Lipinski definition) is 0. The summed E-state index contributed by atoms with van der Waals surface area (Å²) in [4.78, 5) is 0.311. The van der Waals surface area contributed by atoms with Crippen LogP contribution in [-0.4, -0.2) is 39.5 Å². The molecule has 2 rings (SSSR count). The predicted octanol–water partition coefficient (Wildman–Crippen LogP) is 2.97. The largest absolute Gasteiger partial charge is 0.493 e. The highest BCUT2D eigenvalue weighted by Gasteiger charge is 2.34. The summed E-state index contributed by atoms with van der Waals surface area (Å²) in [6.07, 6.45) is 3.78. The van der Waals surface area contributed by atoms with Gasteiger partial charge in [0.15, 0.2) is 11.5 Å². The molecule has 124 valence electrons. The summed E-state index contributed by atoms with van der Waals surface area (Å²) < 4.78 is 38.3. The number of rotatable bonds is 5. The summed E-state index contributed by atoms with van der Waals surface area (Å²) in [6, 6.07) is 3.38. The molecule has 0 radical (unpaired) electrons. The zero-order chi connectivity index (χ0) is 16.3. The van der Waals surface area contributed by atoms with E-state index in [1.165, 1.54) is 7.11 Å². The summed E-state index contributed by atoms with van der Waals surface area (Å²) in [6.45, 7) is 4.42. The molecule has 22 heavy (non-hydrogen) atoms. The summed E-state index contributed by atoms with van der Waals surface area (Å²) in [5.74, 6) is 0.987. The van der Waals surface area contributed by atoms with E-state index in [9.17, 15) is 8.42 Å². The second-order valence-electron chi connectivity index (χ2n) is 5.65. The van der Waals surface area contributed by atoms with Crippen molar-refractivity contribution in [3.05, 3.63) is 17.7 Å². The Kier molecular flexibility index (Phi) is 5.34. The van der Waals surface area contributed by atoms with Gasteiger partial charge in [-0.1, -0.05) is 13.3 Å². The van der Waals surface area contributed by atoms with Crippen LogP contribution in [0.4, 0.5) is 0 Å². The maximum atomic E-state index is 13.1. The minimum Gasteiger partial charge on any atom is -0.493 e. The van der Waals surface area contributed by atoms with Crippen LogP contribution in [-0.2, 0) is 10.0 Å². The van der Waals surface area contributed by atoms with Crippen LogP contribution in [0.15, 0.2) is 17.0 Å². The Morgan fingerprint density at radius 2 is 1.82 bits per heavy atom. The molecule has 0 bridgehead atoms. The third-order valence-electron chi connectivity index (χ3n) is 4.31. The number of benzene rings is 1. The number of sulfonamides is 1. The van der Waals surface area contributed by atoms with Crippen molar-refractivity contribution < 1.29 is 17.9 Å². The molecule has 0 aromatic heterocycles. The molecule has 1 aromatic carbocycles. The van der Waals surface area contributed by atoms with E-state index < -0.39 is 10.0 Å². The Balaban J connectivity index is 2.48. The van der Waals surface area contributed by atoms with E-state index >= 15 is 0 Å². The van der Waals surface area contributed by atoms with Gasteiger partial charge in [-0.25, -0.2) is 8.42 Å². The summed E-state index contributed by atoms with van der Waals surface area (Å²) in [5, 5.41) is 0. The maximum Gasteiger partial charge on any atom is 0.243 e. The lowest BCUT2D eigenvalue weighted by molar-refractivity contribution is 0.246. The Bertz CT molecular complexity index is 627. The average Bonchev–Trinajstić information content (AvgIpc) is 2.54. The van der Waals surface area contributed by atoms with Crippen LogP contribution in [0, 0.1) is 6.92 Å². The first-order valence-corrected chi connectivity index (χ1v) is 9.14. The van der Waals surface area contributed by atoms with Crippen LogP contribution in [0.1, 0.15) is 38.2 Å². The molecule has 6 heteroatoms. The van der Waals surface area contributed by atoms with Gasteiger partial charge in [0.25, 0.3) is 0 Å². The molecule has 1 aliphatic heterocycles. The third-order valence-corrected chi connectivity index (χ3v) is 6.41. The van der Waals surface area contributed by atoms with Crippen molar-refractivity contribution >= 4 is 10.0 Å². The molecule has 1 aliphatic rings. The maximum absolute atomic E-state index is 13.1. The van der Waals surface area contributed by atoms with Gasteiger partial charge >= 0.3 is 0 Å². The van der Waals surface area contributed by atoms with Crippen molar-refractivity contribution in [1.82, 2.24) is 4.31 Å². The Morgan fingerprint density at radius 1 is 1.18 bits per heavy atom. The molecule has 0 spiro atoms. The van der Waals surface area contributed by atoms with Crippen LogP contribution in [0.2, 0.25) is 0 Å². The zero-order valence-corrected chi connectivity index (χ0v) is 14.6. The van der Waals surface area contributed by atoms with Crippen LogP contribution in [0.5, 0.6) is 11.5 Å². The molecule has 1 heterocycles. The van der Waals surface area contributed by atoms with Gasteiger partial charge in [0.1, 0.15) is 0 Å². The number of aryl methyl sites for hydroxylation is 1. The third kappa shape index (κ3) is 3.08. The second-order valence-corrected chi connectivity index (χ2v) is 7.51. The van der Waals surface area contributed by atoms with Crippen molar-refractivity contribution in [3.8, 4) is 11.5 Å². The van der Waals surface area contributed by atoms with E-state index in [4.69, 9.17) is 9.47 Å². The lowest BCUT2D eigenvalue weighted by Gasteiger charge is -2.34. The SMILES string of the molecule is CCC1CCCCN1S(=O)(=O)c1cc(OC)c(OC)cc1C. The van der Waals surface area contributed by atoms with Crippen molar-refractivity contribution in [3.63, 3.8) is 0 Å². The summed E-state index contributed by atoms with van der Waals surface area (Å²) >= 11 is 0. The molecule has 0 aliphatic carbocycles. The van der Waals surface area contributed by atoms with Gasteiger partial charge in [-0.15, -0.1) is 0 Å². The molecule has 1 atom stereocenters. The molecule has 5 nitrogen and oxygen atoms in total. The molecule has 1 unspecified atom stereocenters.